The van der Waals surface area contributed by atoms with Gasteiger partial charge >= 0.3 is 12.1 Å². The number of carbonyl (C=O) groups excluding carboxylic acids is 3. The summed E-state index contributed by atoms with van der Waals surface area (Å²) >= 11 is 11.8. The number of hydrogen-bond acceptors (Lipinski definition) is 5. The molecule has 0 fully saturated rings. The molecule has 0 saturated heterocycles. The lowest BCUT2D eigenvalue weighted by Gasteiger charge is -2.34. The van der Waals surface area contributed by atoms with Crippen molar-refractivity contribution in [2.45, 2.75) is 44.5 Å². The molecule has 2 rings (SSSR count). The summed E-state index contributed by atoms with van der Waals surface area (Å²) in [5.74, 6) is -15.7. The summed E-state index contributed by atoms with van der Waals surface area (Å²) in [7, 11) is 0. The summed E-state index contributed by atoms with van der Waals surface area (Å²) in [6.07, 6.45) is -5.43. The maximum absolute atomic E-state index is 14.8. The van der Waals surface area contributed by atoms with Crippen LogP contribution in [0.25, 0.3) is 0 Å². The molecule has 2 aromatic rings. The van der Waals surface area contributed by atoms with Gasteiger partial charge in [-0.2, -0.15) is 22.0 Å². The van der Waals surface area contributed by atoms with E-state index < -0.39 is 84.8 Å². The number of amides is 2. The number of nitrogens with one attached hydrogen (secondary N) is 2. The van der Waals surface area contributed by atoms with Crippen molar-refractivity contribution in [1.82, 2.24) is 10.6 Å². The molecule has 0 aliphatic rings. The number of carbonyl (C=O) groups is 3. The first-order valence-corrected chi connectivity index (χ1v) is 12.9. The molecule has 2 aromatic carbocycles. The third kappa shape index (κ3) is 10.0. The fourth-order valence-electron chi connectivity index (χ4n) is 4.00. The van der Waals surface area contributed by atoms with Gasteiger partial charge in [-0.1, -0.05) is 43.1 Å². The van der Waals surface area contributed by atoms with Crippen LogP contribution in [-0.4, -0.2) is 54.9 Å². The fourth-order valence-corrected chi connectivity index (χ4v) is 4.50. The Morgan fingerprint density at radius 3 is 2.07 bits per heavy atom. The van der Waals surface area contributed by atoms with Crippen molar-refractivity contribution in [2.75, 3.05) is 13.2 Å². The standard InChI is InChI=1S/C26H26Cl2F7N3O4/c1-12(2)21(23(40)26(34,35)24(41)37-11-25(31,32)33)22(36)19(6-13-3-4-17(29)18(30)5-13)38-20(39)10-42-16-8-14(27)7-15(28)9-16/h3-5,7-9,12,19,21-22H,6,10-11,36H2,1-2H3,(H,37,41)(H,38,39)/t19-,21-,22?/m0/s1. The van der Waals surface area contributed by atoms with Gasteiger partial charge < -0.3 is 21.1 Å². The van der Waals surface area contributed by atoms with Crippen LogP contribution < -0.4 is 21.1 Å². The number of rotatable bonds is 13. The molecule has 0 radical (unpaired) electrons. The van der Waals surface area contributed by atoms with Gasteiger partial charge in [0.05, 0.1) is 0 Å². The van der Waals surface area contributed by atoms with E-state index >= 15 is 0 Å². The maximum Gasteiger partial charge on any atom is 0.405 e. The summed E-state index contributed by atoms with van der Waals surface area (Å²) in [4.78, 5) is 37.5. The lowest BCUT2D eigenvalue weighted by molar-refractivity contribution is -0.167. The first kappa shape index (κ1) is 35.1. The molecule has 3 atom stereocenters. The Kier molecular flexibility index (Phi) is 12.0. The van der Waals surface area contributed by atoms with E-state index in [-0.39, 0.29) is 21.4 Å². The van der Waals surface area contributed by atoms with Crippen LogP contribution in [0.15, 0.2) is 36.4 Å². The number of alkyl halides is 5. The number of halogens is 9. The molecule has 7 nitrogen and oxygen atoms in total. The first-order valence-electron chi connectivity index (χ1n) is 12.2. The minimum absolute atomic E-state index is 0.0434. The van der Waals surface area contributed by atoms with Crippen LogP contribution in [0.5, 0.6) is 5.75 Å². The quantitative estimate of drug-likeness (QED) is 0.213. The van der Waals surface area contributed by atoms with E-state index in [1.165, 1.54) is 32.0 Å². The van der Waals surface area contributed by atoms with E-state index in [0.717, 1.165) is 23.5 Å². The number of Topliss-reactive ketones (excluding diaryl/α,β-unsaturated/α-hetero) is 1. The largest absolute Gasteiger partial charge is 0.484 e. The van der Waals surface area contributed by atoms with E-state index in [2.05, 4.69) is 5.32 Å². The molecule has 42 heavy (non-hydrogen) atoms. The molecule has 0 aromatic heterocycles. The SMILES string of the molecule is CC(C)[C@H](C(=O)C(F)(F)C(=O)NCC(F)(F)F)C(N)[C@H](Cc1ccc(F)c(F)c1)NC(=O)COc1cc(Cl)cc(Cl)c1. The predicted molar refractivity (Wildman–Crippen MR) is 139 cm³/mol. The lowest BCUT2D eigenvalue weighted by Crippen LogP contribution is -2.60. The third-order valence-electron chi connectivity index (χ3n) is 5.94. The fraction of sp³-hybridized carbons (Fsp3) is 0.423. The van der Waals surface area contributed by atoms with Crippen molar-refractivity contribution >= 4 is 40.8 Å². The molecule has 232 valence electrons. The Labute approximate surface area is 245 Å². The van der Waals surface area contributed by atoms with Gasteiger partial charge in [-0.25, -0.2) is 8.78 Å². The topological polar surface area (TPSA) is 111 Å². The second-order valence-corrected chi connectivity index (χ2v) is 10.5. The second-order valence-electron chi connectivity index (χ2n) is 9.60. The van der Waals surface area contributed by atoms with Gasteiger partial charge in [0, 0.05) is 28.0 Å². The van der Waals surface area contributed by atoms with Crippen molar-refractivity contribution in [3.8, 4) is 5.75 Å². The van der Waals surface area contributed by atoms with E-state index in [1.54, 1.807) is 0 Å². The highest BCUT2D eigenvalue weighted by molar-refractivity contribution is 6.34. The average molecular weight is 648 g/mol. The molecular formula is C26H26Cl2F7N3O4. The number of ketones is 1. The molecule has 0 bridgehead atoms. The van der Waals surface area contributed by atoms with Crippen LogP contribution in [0.1, 0.15) is 19.4 Å². The van der Waals surface area contributed by atoms with Gasteiger partial charge in [-0.05, 0) is 48.2 Å². The minimum Gasteiger partial charge on any atom is -0.484 e. The maximum atomic E-state index is 14.8. The van der Waals surface area contributed by atoms with Gasteiger partial charge in [-0.3, -0.25) is 14.4 Å². The molecule has 4 N–H and O–H groups in total. The van der Waals surface area contributed by atoms with Crippen molar-refractivity contribution < 1.29 is 49.9 Å². The molecule has 0 spiro atoms. The van der Waals surface area contributed by atoms with E-state index in [0.29, 0.717) is 0 Å². The Hall–Kier alpha value is -3.10. The molecule has 0 heterocycles. The molecular weight excluding hydrogens is 622 g/mol. The number of benzene rings is 2. The number of nitrogens with two attached hydrogens (primary N) is 1. The average Bonchev–Trinajstić information content (AvgIpc) is 2.86. The summed E-state index contributed by atoms with van der Waals surface area (Å²) in [5, 5.41) is 3.75. The van der Waals surface area contributed by atoms with Crippen LogP contribution in [0.2, 0.25) is 10.0 Å². The molecule has 16 heteroatoms. The zero-order valence-electron chi connectivity index (χ0n) is 22.0. The Morgan fingerprint density at radius 2 is 1.55 bits per heavy atom. The predicted octanol–water partition coefficient (Wildman–Crippen LogP) is 4.86. The highest BCUT2D eigenvalue weighted by atomic mass is 35.5. The van der Waals surface area contributed by atoms with Crippen molar-refractivity contribution in [2.24, 2.45) is 17.6 Å². The summed E-state index contributed by atoms with van der Waals surface area (Å²) in [6.45, 7) is -0.225. The highest BCUT2D eigenvalue weighted by Crippen LogP contribution is 2.29. The van der Waals surface area contributed by atoms with Crippen LogP contribution in [0.3, 0.4) is 0 Å². The van der Waals surface area contributed by atoms with Crippen LogP contribution in [-0.2, 0) is 20.8 Å². The molecule has 0 aliphatic heterocycles. The summed E-state index contributed by atoms with van der Waals surface area (Å²) < 4.78 is 99.5. The van der Waals surface area contributed by atoms with Crippen molar-refractivity contribution in [3.63, 3.8) is 0 Å². The molecule has 1 unspecified atom stereocenters. The van der Waals surface area contributed by atoms with Crippen molar-refractivity contribution in [1.29, 1.82) is 0 Å². The molecule has 0 aliphatic carbocycles. The first-order chi connectivity index (χ1) is 19.3. The van der Waals surface area contributed by atoms with Gasteiger partial charge in [0.15, 0.2) is 18.2 Å². The van der Waals surface area contributed by atoms with E-state index in [4.69, 9.17) is 33.7 Å². The lowest BCUT2D eigenvalue weighted by atomic mass is 9.78. The van der Waals surface area contributed by atoms with Crippen LogP contribution in [0, 0.1) is 23.5 Å². The second kappa shape index (κ2) is 14.4. The molecule has 2 amide bonds. The third-order valence-corrected chi connectivity index (χ3v) is 6.37. The van der Waals surface area contributed by atoms with Gasteiger partial charge in [0.1, 0.15) is 12.3 Å². The van der Waals surface area contributed by atoms with Crippen LogP contribution >= 0.6 is 23.2 Å². The molecule has 0 saturated carbocycles. The smallest absolute Gasteiger partial charge is 0.405 e. The Morgan fingerprint density at radius 1 is 0.952 bits per heavy atom. The number of ether oxygens (including phenoxy) is 1. The zero-order valence-corrected chi connectivity index (χ0v) is 23.5. The monoisotopic (exact) mass is 647 g/mol. The summed E-state index contributed by atoms with van der Waals surface area (Å²) in [6, 6.07) is 3.61. The Balaban J connectivity index is 2.34. The van der Waals surface area contributed by atoms with Crippen molar-refractivity contribution in [3.05, 3.63) is 63.6 Å². The van der Waals surface area contributed by atoms with Gasteiger partial charge in [0.25, 0.3) is 11.8 Å². The van der Waals surface area contributed by atoms with E-state index in [9.17, 15) is 45.1 Å². The highest BCUT2D eigenvalue weighted by Gasteiger charge is 2.53. The zero-order chi connectivity index (χ0) is 32.0. The number of hydrogen-bond donors (Lipinski definition) is 3. The minimum atomic E-state index is -5.03. The van der Waals surface area contributed by atoms with E-state index in [1.807, 2.05) is 0 Å². The summed E-state index contributed by atoms with van der Waals surface area (Å²) in [5.41, 5.74) is 6.23. The van der Waals surface area contributed by atoms with Crippen LogP contribution in [0.4, 0.5) is 30.7 Å². The van der Waals surface area contributed by atoms with Gasteiger partial charge in [0.2, 0.25) is 5.78 Å². The van der Waals surface area contributed by atoms with Gasteiger partial charge in [-0.15, -0.1) is 0 Å². The Bertz CT molecular complexity index is 1270. The normalized spacial score (nSPS) is 14.2.